The molecule has 2 aromatic carbocycles. The fraction of sp³-hybridized carbons (Fsp3) is 0.367. The van der Waals surface area contributed by atoms with E-state index in [1.807, 2.05) is 57.2 Å². The standard InChI is InChI=1S/C30H36N4O6/c1-30(2,3)40-29(36)33(5)18-24-25(38-7)13-20(14-26(24)39-8)23-17-32(4)28(35)27-22(23)15-31-34(27)16-19-9-11-21(37-6)12-10-19/h9-15,17H,16,18H2,1-8H3. The smallest absolute Gasteiger partial charge is 0.410 e. The molecule has 4 aromatic rings. The minimum Gasteiger partial charge on any atom is -0.497 e. The second kappa shape index (κ2) is 11.3. The first-order valence-electron chi connectivity index (χ1n) is 12.8. The highest BCUT2D eigenvalue weighted by Gasteiger charge is 2.24. The first-order chi connectivity index (χ1) is 18.9. The summed E-state index contributed by atoms with van der Waals surface area (Å²) in [6.45, 7) is 6.10. The Morgan fingerprint density at radius 3 is 2.17 bits per heavy atom. The first kappa shape index (κ1) is 28.5. The van der Waals surface area contributed by atoms with Gasteiger partial charge in [-0.3, -0.25) is 9.48 Å². The molecule has 212 valence electrons. The molecule has 10 heteroatoms. The van der Waals surface area contributed by atoms with Crippen molar-refractivity contribution >= 4 is 17.0 Å². The van der Waals surface area contributed by atoms with Crippen LogP contribution in [0.1, 0.15) is 31.9 Å². The van der Waals surface area contributed by atoms with E-state index in [1.54, 1.807) is 57.1 Å². The second-order valence-corrected chi connectivity index (χ2v) is 10.6. The molecule has 0 saturated carbocycles. The molecule has 0 spiro atoms. The van der Waals surface area contributed by atoms with Crippen LogP contribution in [-0.2, 0) is 24.9 Å². The topological polar surface area (TPSA) is 97.1 Å². The van der Waals surface area contributed by atoms with Crippen LogP contribution in [0.5, 0.6) is 17.2 Å². The number of benzene rings is 2. The lowest BCUT2D eigenvalue weighted by atomic mass is 10.0. The number of hydrogen-bond donors (Lipinski definition) is 0. The Balaban J connectivity index is 1.76. The molecule has 0 atom stereocenters. The SMILES string of the molecule is COc1ccc(Cn2ncc3c(-c4cc(OC)c(CN(C)C(=O)OC(C)(C)C)c(OC)c4)cn(C)c(=O)c32)cc1. The summed E-state index contributed by atoms with van der Waals surface area (Å²) in [7, 11) is 8.14. The van der Waals surface area contributed by atoms with Crippen molar-refractivity contribution in [3.8, 4) is 28.4 Å². The molecule has 2 aromatic heterocycles. The van der Waals surface area contributed by atoms with E-state index in [0.717, 1.165) is 22.4 Å². The summed E-state index contributed by atoms with van der Waals surface area (Å²) < 4.78 is 25.5. The van der Waals surface area contributed by atoms with Crippen molar-refractivity contribution in [3.63, 3.8) is 0 Å². The maximum atomic E-state index is 13.3. The van der Waals surface area contributed by atoms with Crippen LogP contribution in [0.15, 0.2) is 53.6 Å². The van der Waals surface area contributed by atoms with Gasteiger partial charge in [0.25, 0.3) is 5.56 Å². The highest BCUT2D eigenvalue weighted by Crippen LogP contribution is 2.38. The monoisotopic (exact) mass is 548 g/mol. The molecule has 10 nitrogen and oxygen atoms in total. The molecule has 4 rings (SSSR count). The molecule has 1 amide bonds. The van der Waals surface area contributed by atoms with Crippen LogP contribution in [0.4, 0.5) is 4.79 Å². The highest BCUT2D eigenvalue weighted by atomic mass is 16.6. The summed E-state index contributed by atoms with van der Waals surface area (Å²) in [6.07, 6.45) is 3.04. The maximum absolute atomic E-state index is 13.3. The van der Waals surface area contributed by atoms with Crippen LogP contribution >= 0.6 is 0 Å². The molecule has 0 bridgehead atoms. The van der Waals surface area contributed by atoms with Gasteiger partial charge in [0.2, 0.25) is 0 Å². The van der Waals surface area contributed by atoms with Crippen molar-refractivity contribution in [1.82, 2.24) is 19.2 Å². The van der Waals surface area contributed by atoms with Crippen molar-refractivity contribution in [3.05, 3.63) is 70.3 Å². The third-order valence-electron chi connectivity index (χ3n) is 6.49. The van der Waals surface area contributed by atoms with E-state index >= 15 is 0 Å². The molecule has 0 aliphatic heterocycles. The highest BCUT2D eigenvalue weighted by molar-refractivity contribution is 5.94. The third-order valence-corrected chi connectivity index (χ3v) is 6.49. The number of methoxy groups -OCH3 is 3. The average molecular weight is 549 g/mol. The number of amides is 1. The van der Waals surface area contributed by atoms with Gasteiger partial charge in [0.15, 0.2) is 0 Å². The maximum Gasteiger partial charge on any atom is 0.410 e. The van der Waals surface area contributed by atoms with Gasteiger partial charge in [0.1, 0.15) is 28.4 Å². The molecular formula is C30H36N4O6. The van der Waals surface area contributed by atoms with Gasteiger partial charge in [-0.25, -0.2) is 4.79 Å². The number of nitrogens with zero attached hydrogens (tertiary/aromatic N) is 4. The lowest BCUT2D eigenvalue weighted by molar-refractivity contribution is 0.0283. The minimum absolute atomic E-state index is 0.153. The largest absolute Gasteiger partial charge is 0.497 e. The summed E-state index contributed by atoms with van der Waals surface area (Å²) in [5, 5.41) is 5.27. The number of ether oxygens (including phenoxy) is 4. The number of fused-ring (bicyclic) bond motifs is 1. The first-order valence-corrected chi connectivity index (χ1v) is 12.8. The number of carbonyl (C=O) groups excluding carboxylic acids is 1. The van der Waals surface area contributed by atoms with Gasteiger partial charge in [-0.2, -0.15) is 5.10 Å². The summed E-state index contributed by atoms with van der Waals surface area (Å²) in [5.74, 6) is 1.84. The summed E-state index contributed by atoms with van der Waals surface area (Å²) >= 11 is 0. The predicted molar refractivity (Wildman–Crippen MR) is 153 cm³/mol. The number of pyridine rings is 1. The number of rotatable bonds is 8. The Morgan fingerprint density at radius 1 is 1.00 bits per heavy atom. The van der Waals surface area contributed by atoms with Crippen molar-refractivity contribution < 1.29 is 23.7 Å². The Kier molecular flexibility index (Phi) is 8.08. The Labute approximate surface area is 233 Å². The van der Waals surface area contributed by atoms with E-state index in [1.165, 1.54) is 4.90 Å². The zero-order valence-corrected chi connectivity index (χ0v) is 24.3. The predicted octanol–water partition coefficient (Wildman–Crippen LogP) is 4.84. The molecule has 0 fully saturated rings. The molecule has 2 heterocycles. The van der Waals surface area contributed by atoms with Gasteiger partial charge in [-0.15, -0.1) is 0 Å². The molecule has 0 aliphatic rings. The number of carbonyl (C=O) groups is 1. The van der Waals surface area contributed by atoms with Crippen LogP contribution < -0.4 is 19.8 Å². The average Bonchev–Trinajstić information content (AvgIpc) is 3.33. The lowest BCUT2D eigenvalue weighted by Gasteiger charge is -2.26. The van der Waals surface area contributed by atoms with E-state index in [4.69, 9.17) is 18.9 Å². The van der Waals surface area contributed by atoms with Crippen molar-refractivity contribution in [2.75, 3.05) is 28.4 Å². The number of aromatic nitrogens is 3. The molecule has 0 radical (unpaired) electrons. The van der Waals surface area contributed by atoms with Crippen LogP contribution in [0.2, 0.25) is 0 Å². The second-order valence-electron chi connectivity index (χ2n) is 10.6. The molecule has 0 unspecified atom stereocenters. The van der Waals surface area contributed by atoms with Gasteiger partial charge in [0.05, 0.1) is 46.2 Å². The van der Waals surface area contributed by atoms with E-state index in [0.29, 0.717) is 34.5 Å². The molecular weight excluding hydrogens is 512 g/mol. The van der Waals surface area contributed by atoms with E-state index in [2.05, 4.69) is 5.10 Å². The van der Waals surface area contributed by atoms with Gasteiger partial charge in [0, 0.05) is 31.2 Å². The molecule has 0 saturated heterocycles. The summed E-state index contributed by atoms with van der Waals surface area (Å²) in [6, 6.07) is 11.4. The van der Waals surface area contributed by atoms with Crippen LogP contribution in [-0.4, -0.2) is 59.3 Å². The van der Waals surface area contributed by atoms with Crippen LogP contribution in [0.25, 0.3) is 22.0 Å². The molecule has 40 heavy (non-hydrogen) atoms. The van der Waals surface area contributed by atoms with Crippen LogP contribution in [0.3, 0.4) is 0 Å². The number of hydrogen-bond acceptors (Lipinski definition) is 7. The lowest BCUT2D eigenvalue weighted by Crippen LogP contribution is -2.34. The van der Waals surface area contributed by atoms with Crippen molar-refractivity contribution in [2.24, 2.45) is 7.05 Å². The molecule has 0 aliphatic carbocycles. The summed E-state index contributed by atoms with van der Waals surface area (Å²) in [4.78, 5) is 27.3. The van der Waals surface area contributed by atoms with E-state index in [-0.39, 0.29) is 12.1 Å². The zero-order valence-electron chi connectivity index (χ0n) is 24.3. The van der Waals surface area contributed by atoms with Gasteiger partial charge in [-0.05, 0) is 56.2 Å². The normalized spacial score (nSPS) is 11.4. The summed E-state index contributed by atoms with van der Waals surface area (Å²) in [5.41, 5.74) is 2.97. The Bertz CT molecular complexity index is 1560. The van der Waals surface area contributed by atoms with Gasteiger partial charge < -0.3 is 28.4 Å². The van der Waals surface area contributed by atoms with Crippen molar-refractivity contribution in [1.29, 1.82) is 0 Å². The van der Waals surface area contributed by atoms with Crippen LogP contribution in [0, 0.1) is 0 Å². The van der Waals surface area contributed by atoms with E-state index < -0.39 is 11.7 Å². The quantitative estimate of drug-likeness (QED) is 0.311. The fourth-order valence-electron chi connectivity index (χ4n) is 4.49. The number of aryl methyl sites for hydroxylation is 1. The van der Waals surface area contributed by atoms with Gasteiger partial charge in [-0.1, -0.05) is 12.1 Å². The molecule has 0 N–H and O–H groups in total. The fourth-order valence-corrected chi connectivity index (χ4v) is 4.49. The van der Waals surface area contributed by atoms with Crippen molar-refractivity contribution in [2.45, 2.75) is 39.5 Å². The van der Waals surface area contributed by atoms with Gasteiger partial charge >= 0.3 is 6.09 Å². The Morgan fingerprint density at radius 2 is 1.62 bits per heavy atom. The Hall–Kier alpha value is -4.47. The third kappa shape index (κ3) is 5.90. The van der Waals surface area contributed by atoms with E-state index in [9.17, 15) is 9.59 Å². The zero-order chi connectivity index (χ0) is 29.2. The minimum atomic E-state index is -0.615.